The maximum absolute atomic E-state index is 12.4. The molecule has 1 rings (SSSR count). The highest BCUT2D eigenvalue weighted by atomic mass is 19.4. The highest BCUT2D eigenvalue weighted by Crippen LogP contribution is 2.28. The van der Waals surface area contributed by atoms with Crippen molar-refractivity contribution in [2.45, 2.75) is 58.0 Å². The third kappa shape index (κ3) is 4.29. The number of hydrogen-bond donors (Lipinski definition) is 0. The molecule has 0 spiro atoms. The highest BCUT2D eigenvalue weighted by Gasteiger charge is 2.39. The Morgan fingerprint density at radius 3 is 2.44 bits per heavy atom. The summed E-state index contributed by atoms with van der Waals surface area (Å²) in [5.74, 6) is 0. The molecule has 0 bridgehead atoms. The van der Waals surface area contributed by atoms with Crippen molar-refractivity contribution in [3.8, 4) is 0 Å². The number of halogens is 3. The molecule has 0 aromatic heterocycles. The number of likely N-dealkylation sites (tertiary alicyclic amines) is 1. The van der Waals surface area contributed by atoms with Crippen LogP contribution in [0.5, 0.6) is 0 Å². The molecule has 5 heteroatoms. The summed E-state index contributed by atoms with van der Waals surface area (Å²) in [7, 11) is 0. The molecule has 1 saturated heterocycles. The molecule has 0 aliphatic carbocycles. The number of rotatable bonds is 4. The summed E-state index contributed by atoms with van der Waals surface area (Å²) >= 11 is 0. The van der Waals surface area contributed by atoms with E-state index in [1.54, 1.807) is 0 Å². The van der Waals surface area contributed by atoms with Gasteiger partial charge in [0.25, 0.3) is 0 Å². The summed E-state index contributed by atoms with van der Waals surface area (Å²) in [6.45, 7) is 5.22. The largest absolute Gasteiger partial charge is 0.401 e. The van der Waals surface area contributed by atoms with Gasteiger partial charge in [-0.1, -0.05) is 0 Å². The van der Waals surface area contributed by atoms with Crippen molar-refractivity contribution < 1.29 is 17.9 Å². The van der Waals surface area contributed by atoms with E-state index in [2.05, 4.69) is 0 Å². The molecule has 96 valence electrons. The topological polar surface area (TPSA) is 12.5 Å². The summed E-state index contributed by atoms with van der Waals surface area (Å²) in [5.41, 5.74) is 0. The van der Waals surface area contributed by atoms with Crippen molar-refractivity contribution in [2.75, 3.05) is 13.2 Å². The molecule has 0 saturated carbocycles. The molecule has 0 amide bonds. The van der Waals surface area contributed by atoms with E-state index < -0.39 is 12.7 Å². The lowest BCUT2D eigenvalue weighted by molar-refractivity contribution is -0.154. The minimum Gasteiger partial charge on any atom is -0.377 e. The molecule has 2 unspecified atom stereocenters. The predicted octanol–water partition coefficient (Wildman–Crippen LogP) is 2.83. The van der Waals surface area contributed by atoms with Gasteiger partial charge >= 0.3 is 6.18 Å². The Kier molecular flexibility index (Phi) is 4.62. The van der Waals surface area contributed by atoms with Gasteiger partial charge in [0.05, 0.1) is 19.3 Å². The van der Waals surface area contributed by atoms with Gasteiger partial charge in [0.15, 0.2) is 0 Å². The van der Waals surface area contributed by atoms with Crippen molar-refractivity contribution >= 4 is 0 Å². The second kappa shape index (κ2) is 5.36. The number of ether oxygens (including phenoxy) is 1. The lowest BCUT2D eigenvalue weighted by Gasteiger charge is -2.29. The molecular formula is C11H20F3NO. The van der Waals surface area contributed by atoms with E-state index in [-0.39, 0.29) is 18.2 Å². The minimum atomic E-state index is -4.12. The van der Waals surface area contributed by atoms with Crippen LogP contribution in [0.4, 0.5) is 13.2 Å². The fraction of sp³-hybridized carbons (Fsp3) is 1.00. The maximum atomic E-state index is 12.4. The van der Waals surface area contributed by atoms with Gasteiger partial charge < -0.3 is 4.74 Å². The van der Waals surface area contributed by atoms with E-state index in [9.17, 15) is 13.2 Å². The van der Waals surface area contributed by atoms with Gasteiger partial charge in [0.2, 0.25) is 0 Å². The van der Waals surface area contributed by atoms with Crippen LogP contribution in [0.2, 0.25) is 0 Å². The third-order valence-corrected chi connectivity index (χ3v) is 2.94. The van der Waals surface area contributed by atoms with Crippen LogP contribution >= 0.6 is 0 Å². The Labute approximate surface area is 94.8 Å². The van der Waals surface area contributed by atoms with Crippen LogP contribution < -0.4 is 0 Å². The highest BCUT2D eigenvalue weighted by molar-refractivity contribution is 4.86. The van der Waals surface area contributed by atoms with Crippen molar-refractivity contribution in [1.82, 2.24) is 4.90 Å². The molecule has 0 N–H and O–H groups in total. The standard InChI is InChI=1S/C11H20F3NO/c1-8(2)16-6-10-5-4-9(3)15(10)7-11(12,13)14/h8-10H,4-7H2,1-3H3. The molecule has 2 nitrogen and oxygen atoms in total. The molecule has 16 heavy (non-hydrogen) atoms. The summed E-state index contributed by atoms with van der Waals surface area (Å²) in [5, 5.41) is 0. The zero-order chi connectivity index (χ0) is 12.3. The van der Waals surface area contributed by atoms with Crippen LogP contribution in [0.25, 0.3) is 0 Å². The molecule has 1 aliphatic rings. The first-order chi connectivity index (χ1) is 7.29. The van der Waals surface area contributed by atoms with E-state index in [0.29, 0.717) is 6.61 Å². The van der Waals surface area contributed by atoms with Gasteiger partial charge in [-0.15, -0.1) is 0 Å². The summed E-state index contributed by atoms with van der Waals surface area (Å²) in [6.07, 6.45) is -2.43. The van der Waals surface area contributed by atoms with Crippen molar-refractivity contribution in [3.05, 3.63) is 0 Å². The first-order valence-electron chi connectivity index (χ1n) is 5.73. The predicted molar refractivity (Wildman–Crippen MR) is 56.3 cm³/mol. The second-order valence-electron chi connectivity index (χ2n) is 4.75. The lowest BCUT2D eigenvalue weighted by Crippen LogP contribution is -2.43. The van der Waals surface area contributed by atoms with Crippen LogP contribution in [0, 0.1) is 0 Å². The fourth-order valence-corrected chi connectivity index (χ4v) is 2.10. The summed E-state index contributed by atoms with van der Waals surface area (Å²) in [6, 6.07) is -0.0820. The Balaban J connectivity index is 2.49. The second-order valence-corrected chi connectivity index (χ2v) is 4.75. The smallest absolute Gasteiger partial charge is 0.377 e. The van der Waals surface area contributed by atoms with Gasteiger partial charge in [0, 0.05) is 12.1 Å². The van der Waals surface area contributed by atoms with Gasteiger partial charge in [0.1, 0.15) is 0 Å². The maximum Gasteiger partial charge on any atom is 0.401 e. The average molecular weight is 239 g/mol. The van der Waals surface area contributed by atoms with E-state index in [4.69, 9.17) is 4.74 Å². The monoisotopic (exact) mass is 239 g/mol. The average Bonchev–Trinajstić information content (AvgIpc) is 2.43. The van der Waals surface area contributed by atoms with Crippen molar-refractivity contribution in [1.29, 1.82) is 0 Å². The third-order valence-electron chi connectivity index (χ3n) is 2.94. The Morgan fingerprint density at radius 2 is 1.94 bits per heavy atom. The molecule has 0 radical (unpaired) electrons. The van der Waals surface area contributed by atoms with Gasteiger partial charge in [-0.25, -0.2) is 0 Å². The van der Waals surface area contributed by atoms with Crippen LogP contribution in [0.3, 0.4) is 0 Å². The van der Waals surface area contributed by atoms with Gasteiger partial charge in [-0.05, 0) is 33.6 Å². The summed E-state index contributed by atoms with van der Waals surface area (Å²) < 4.78 is 42.5. The molecule has 1 fully saturated rings. The van der Waals surface area contributed by atoms with Crippen LogP contribution in [-0.2, 0) is 4.74 Å². The molecular weight excluding hydrogens is 219 g/mol. The molecule has 1 heterocycles. The van der Waals surface area contributed by atoms with Crippen LogP contribution in [0.1, 0.15) is 33.6 Å². The molecule has 0 aromatic rings. The van der Waals surface area contributed by atoms with Gasteiger partial charge in [-0.3, -0.25) is 4.90 Å². The number of hydrogen-bond acceptors (Lipinski definition) is 2. The zero-order valence-electron chi connectivity index (χ0n) is 10.0. The minimum absolute atomic E-state index is 0.00221. The summed E-state index contributed by atoms with van der Waals surface area (Å²) in [4.78, 5) is 1.52. The first-order valence-corrected chi connectivity index (χ1v) is 5.73. The Morgan fingerprint density at radius 1 is 1.31 bits per heavy atom. The zero-order valence-corrected chi connectivity index (χ0v) is 10.0. The van der Waals surface area contributed by atoms with Gasteiger partial charge in [-0.2, -0.15) is 13.2 Å². The van der Waals surface area contributed by atoms with E-state index in [1.165, 1.54) is 4.90 Å². The first kappa shape index (κ1) is 13.8. The van der Waals surface area contributed by atoms with Crippen molar-refractivity contribution in [3.63, 3.8) is 0 Å². The molecule has 1 aliphatic heterocycles. The Bertz CT molecular complexity index is 218. The normalized spacial score (nSPS) is 27.9. The lowest BCUT2D eigenvalue weighted by atomic mass is 10.2. The quantitative estimate of drug-likeness (QED) is 0.748. The number of nitrogens with zero attached hydrogens (tertiary/aromatic N) is 1. The molecule has 0 aromatic carbocycles. The Hall–Kier alpha value is -0.290. The molecule has 2 atom stereocenters. The fourth-order valence-electron chi connectivity index (χ4n) is 2.10. The van der Waals surface area contributed by atoms with E-state index in [0.717, 1.165) is 12.8 Å². The van der Waals surface area contributed by atoms with Crippen LogP contribution in [0.15, 0.2) is 0 Å². The van der Waals surface area contributed by atoms with Crippen LogP contribution in [-0.4, -0.2) is 42.4 Å². The van der Waals surface area contributed by atoms with E-state index >= 15 is 0 Å². The van der Waals surface area contributed by atoms with Crippen molar-refractivity contribution in [2.24, 2.45) is 0 Å². The number of alkyl halides is 3. The SMILES string of the molecule is CC(C)OCC1CCC(C)N1CC(F)(F)F. The van der Waals surface area contributed by atoms with E-state index in [1.807, 2.05) is 20.8 Å².